The lowest BCUT2D eigenvalue weighted by Gasteiger charge is -2.08. The van der Waals surface area contributed by atoms with E-state index in [1.54, 1.807) is 16.3 Å². The van der Waals surface area contributed by atoms with E-state index in [-0.39, 0.29) is 6.54 Å². The van der Waals surface area contributed by atoms with Crippen LogP contribution in [-0.4, -0.2) is 20.6 Å². The Morgan fingerprint density at radius 3 is 2.61 bits per heavy atom. The maximum absolute atomic E-state index is 14.0. The first-order valence-corrected chi connectivity index (χ1v) is 11.6. The molecule has 172 valence electrons. The van der Waals surface area contributed by atoms with E-state index >= 15 is 0 Å². The molecule has 0 saturated carbocycles. The van der Waals surface area contributed by atoms with Gasteiger partial charge in [0.15, 0.2) is 0 Å². The van der Waals surface area contributed by atoms with Gasteiger partial charge in [0.05, 0.1) is 11.3 Å². The molecular formula is C23H18F4N2O2S2. The monoisotopic (exact) mass is 494 g/mol. The highest BCUT2D eigenvalue weighted by Gasteiger charge is 2.34. The number of thiazole rings is 1. The van der Waals surface area contributed by atoms with Crippen molar-refractivity contribution in [3.05, 3.63) is 70.1 Å². The van der Waals surface area contributed by atoms with Crippen LogP contribution in [-0.2, 0) is 23.3 Å². The maximum atomic E-state index is 14.0. The summed E-state index contributed by atoms with van der Waals surface area (Å²) in [7, 11) is 0. The van der Waals surface area contributed by atoms with Crippen molar-refractivity contribution in [3.8, 4) is 10.6 Å². The average Bonchev–Trinajstić information content (AvgIpc) is 3.24. The predicted molar refractivity (Wildman–Crippen MR) is 121 cm³/mol. The second-order valence-electron chi connectivity index (χ2n) is 7.52. The summed E-state index contributed by atoms with van der Waals surface area (Å²) in [5.41, 5.74) is 1.58. The van der Waals surface area contributed by atoms with E-state index in [2.05, 4.69) is 4.98 Å². The highest BCUT2D eigenvalue weighted by atomic mass is 32.2. The van der Waals surface area contributed by atoms with E-state index in [1.807, 2.05) is 38.2 Å². The molecule has 0 fully saturated rings. The molecule has 0 amide bonds. The summed E-state index contributed by atoms with van der Waals surface area (Å²) < 4.78 is 54.1. The molecule has 1 N–H and O–H groups in total. The lowest BCUT2D eigenvalue weighted by molar-refractivity contribution is -0.140. The minimum absolute atomic E-state index is 0.107. The van der Waals surface area contributed by atoms with Crippen molar-refractivity contribution in [1.82, 2.24) is 9.55 Å². The van der Waals surface area contributed by atoms with Crippen molar-refractivity contribution in [2.45, 2.75) is 37.2 Å². The van der Waals surface area contributed by atoms with Crippen molar-refractivity contribution >= 4 is 40.0 Å². The number of aryl methyl sites for hydroxylation is 2. The molecule has 0 atom stereocenters. The molecule has 4 aromatic rings. The third-order valence-electron chi connectivity index (χ3n) is 5.14. The Kier molecular flexibility index (Phi) is 6.24. The van der Waals surface area contributed by atoms with Gasteiger partial charge in [-0.1, -0.05) is 6.07 Å². The molecule has 0 saturated heterocycles. The molecule has 2 aromatic heterocycles. The van der Waals surface area contributed by atoms with Crippen LogP contribution < -0.4 is 0 Å². The number of rotatable bonds is 6. The average molecular weight is 495 g/mol. The van der Waals surface area contributed by atoms with Crippen LogP contribution >= 0.6 is 23.1 Å². The molecule has 10 heteroatoms. The van der Waals surface area contributed by atoms with Gasteiger partial charge < -0.3 is 9.67 Å². The fraction of sp³-hybridized carbons (Fsp3) is 0.217. The fourth-order valence-corrected chi connectivity index (χ4v) is 5.67. The van der Waals surface area contributed by atoms with E-state index in [0.29, 0.717) is 16.3 Å². The number of nitrogens with zero attached hydrogens (tertiary/aromatic N) is 2. The zero-order chi connectivity index (χ0) is 23.9. The molecular weight excluding hydrogens is 476 g/mol. The SMILES string of the molecule is Cc1nc(-c2ccc(C(F)(F)F)c(F)c2)sc1CSc1ccc2c(c1)c(C)cn2CC(=O)O. The second-order valence-corrected chi connectivity index (χ2v) is 9.65. The van der Waals surface area contributed by atoms with Crippen LogP contribution in [0.1, 0.15) is 21.7 Å². The number of alkyl halides is 3. The number of hydrogen-bond donors (Lipinski definition) is 1. The number of benzene rings is 2. The zero-order valence-corrected chi connectivity index (χ0v) is 19.2. The first kappa shape index (κ1) is 23.3. The highest BCUT2D eigenvalue weighted by molar-refractivity contribution is 7.98. The quantitative estimate of drug-likeness (QED) is 0.234. The topological polar surface area (TPSA) is 55.1 Å². The van der Waals surface area contributed by atoms with Crippen LogP contribution in [0, 0.1) is 19.7 Å². The largest absolute Gasteiger partial charge is 0.480 e. The Hall–Kier alpha value is -2.85. The first-order chi connectivity index (χ1) is 15.5. The summed E-state index contributed by atoms with van der Waals surface area (Å²) in [5.74, 6) is -1.63. The minimum Gasteiger partial charge on any atom is -0.480 e. The van der Waals surface area contributed by atoms with Gasteiger partial charge in [-0.15, -0.1) is 23.1 Å². The molecule has 0 aliphatic carbocycles. The number of thioether (sulfide) groups is 1. The van der Waals surface area contributed by atoms with E-state index in [9.17, 15) is 22.4 Å². The molecule has 4 nitrogen and oxygen atoms in total. The summed E-state index contributed by atoms with van der Waals surface area (Å²) >= 11 is 2.90. The maximum Gasteiger partial charge on any atom is 0.419 e. The number of hydrogen-bond acceptors (Lipinski definition) is 4. The standard InChI is InChI=1S/C23H18F4N2O2S2/c1-12-9-29(10-21(30)31)19-6-4-15(8-16(12)19)32-11-20-13(2)28-22(33-20)14-3-5-17(18(24)7-14)23(25,26)27/h3-9H,10-11H2,1-2H3,(H,30,31). The lowest BCUT2D eigenvalue weighted by Crippen LogP contribution is -2.07. The van der Waals surface area contributed by atoms with Gasteiger partial charge in [0, 0.05) is 38.2 Å². The Morgan fingerprint density at radius 2 is 1.94 bits per heavy atom. The Balaban J connectivity index is 1.53. The summed E-state index contributed by atoms with van der Waals surface area (Å²) in [6.07, 6.45) is -2.92. The normalized spacial score (nSPS) is 11.9. The first-order valence-electron chi connectivity index (χ1n) is 9.80. The molecule has 0 bridgehead atoms. The van der Waals surface area contributed by atoms with Crippen LogP contribution in [0.25, 0.3) is 21.5 Å². The van der Waals surface area contributed by atoms with Crippen LogP contribution in [0.2, 0.25) is 0 Å². The Bertz CT molecular complexity index is 1360. The minimum atomic E-state index is -4.74. The van der Waals surface area contributed by atoms with Crippen molar-refractivity contribution in [2.75, 3.05) is 0 Å². The number of aliphatic carboxylic acids is 1. The van der Waals surface area contributed by atoms with E-state index in [1.165, 1.54) is 17.4 Å². The van der Waals surface area contributed by atoms with Gasteiger partial charge in [0.2, 0.25) is 0 Å². The second kappa shape index (κ2) is 8.83. The van der Waals surface area contributed by atoms with Crippen LogP contribution in [0.15, 0.2) is 47.5 Å². The molecule has 4 rings (SSSR count). The van der Waals surface area contributed by atoms with Crippen molar-refractivity contribution < 1.29 is 27.5 Å². The van der Waals surface area contributed by atoms with E-state index in [4.69, 9.17) is 5.11 Å². The molecule has 0 aliphatic rings. The van der Waals surface area contributed by atoms with Gasteiger partial charge in [-0.05, 0) is 49.7 Å². The summed E-state index contributed by atoms with van der Waals surface area (Å²) in [5, 5.41) is 10.5. The fourth-order valence-electron chi connectivity index (χ4n) is 3.53. The summed E-state index contributed by atoms with van der Waals surface area (Å²) in [4.78, 5) is 17.4. The van der Waals surface area contributed by atoms with Crippen molar-refractivity contribution in [1.29, 1.82) is 0 Å². The van der Waals surface area contributed by atoms with Crippen LogP contribution in [0.5, 0.6) is 0 Å². The number of carbonyl (C=O) groups is 1. The molecule has 0 radical (unpaired) electrons. The predicted octanol–water partition coefficient (Wildman–Crippen LogP) is 6.92. The van der Waals surface area contributed by atoms with Crippen LogP contribution in [0.3, 0.4) is 0 Å². The summed E-state index contributed by atoms with van der Waals surface area (Å²) in [6.45, 7) is 3.64. The molecule has 2 heterocycles. The van der Waals surface area contributed by atoms with E-state index < -0.39 is 23.5 Å². The number of carboxylic acids is 1. The van der Waals surface area contributed by atoms with Gasteiger partial charge in [-0.2, -0.15) is 13.2 Å². The molecule has 33 heavy (non-hydrogen) atoms. The summed E-state index contributed by atoms with van der Waals surface area (Å²) in [6, 6.07) is 8.67. The number of fused-ring (bicyclic) bond motifs is 1. The van der Waals surface area contributed by atoms with Crippen molar-refractivity contribution in [3.63, 3.8) is 0 Å². The van der Waals surface area contributed by atoms with Gasteiger partial charge in [-0.3, -0.25) is 4.79 Å². The van der Waals surface area contributed by atoms with Gasteiger partial charge in [0.25, 0.3) is 0 Å². The van der Waals surface area contributed by atoms with Crippen LogP contribution in [0.4, 0.5) is 17.6 Å². The molecule has 0 aliphatic heterocycles. The third kappa shape index (κ3) is 4.91. The third-order valence-corrected chi connectivity index (χ3v) is 7.55. The van der Waals surface area contributed by atoms with Gasteiger partial charge in [-0.25, -0.2) is 9.37 Å². The Morgan fingerprint density at radius 1 is 1.18 bits per heavy atom. The Labute approximate surface area is 194 Å². The smallest absolute Gasteiger partial charge is 0.419 e. The van der Waals surface area contributed by atoms with Gasteiger partial charge in [0.1, 0.15) is 17.4 Å². The highest BCUT2D eigenvalue weighted by Crippen LogP contribution is 2.37. The molecule has 0 unspecified atom stereocenters. The number of halogens is 4. The number of carboxylic acid groups (broad SMARTS) is 1. The molecule has 0 spiro atoms. The molecule has 2 aromatic carbocycles. The zero-order valence-electron chi connectivity index (χ0n) is 17.5. The lowest BCUT2D eigenvalue weighted by atomic mass is 10.1. The van der Waals surface area contributed by atoms with Crippen molar-refractivity contribution in [2.24, 2.45) is 0 Å². The van der Waals surface area contributed by atoms with E-state index in [0.717, 1.165) is 44.1 Å². The number of aromatic nitrogens is 2. The van der Waals surface area contributed by atoms with Gasteiger partial charge >= 0.3 is 12.1 Å².